The average Bonchev–Trinajstić information content (AvgIpc) is 3.02. The van der Waals surface area contributed by atoms with Gasteiger partial charge in [0.05, 0.1) is 29.5 Å². The third-order valence-corrected chi connectivity index (χ3v) is 4.95. The van der Waals surface area contributed by atoms with Gasteiger partial charge in [0.1, 0.15) is 5.69 Å². The Bertz CT molecular complexity index is 749. The highest BCUT2D eigenvalue weighted by Gasteiger charge is 2.14. The lowest BCUT2D eigenvalue weighted by Gasteiger charge is -2.22. The Morgan fingerprint density at radius 2 is 1.96 bits per heavy atom. The molecule has 124 valence electrons. The van der Waals surface area contributed by atoms with E-state index in [1.165, 1.54) is 6.26 Å². The van der Waals surface area contributed by atoms with Crippen LogP contribution < -0.4 is 5.32 Å². The van der Waals surface area contributed by atoms with Crippen LogP contribution in [0.25, 0.3) is 5.69 Å². The molecule has 2 heterocycles. The zero-order valence-electron chi connectivity index (χ0n) is 13.0. The molecule has 0 saturated carbocycles. The summed E-state index contributed by atoms with van der Waals surface area (Å²) in [7, 11) is -3.19. The first-order valence-corrected chi connectivity index (χ1v) is 9.45. The predicted molar refractivity (Wildman–Crippen MR) is 85.1 cm³/mol. The van der Waals surface area contributed by atoms with Crippen LogP contribution in [0.1, 0.15) is 18.5 Å². The highest BCUT2D eigenvalue weighted by Crippen LogP contribution is 2.14. The number of benzene rings is 1. The molecule has 0 spiro atoms. The van der Waals surface area contributed by atoms with Crippen molar-refractivity contribution >= 4 is 9.84 Å². The summed E-state index contributed by atoms with van der Waals surface area (Å²) < 4.78 is 30.4. The molecule has 1 aliphatic heterocycles. The summed E-state index contributed by atoms with van der Waals surface area (Å²) in [5.41, 5.74) is 1.52. The van der Waals surface area contributed by atoms with Crippen LogP contribution in [0.15, 0.2) is 35.4 Å². The maximum atomic E-state index is 11.5. The number of hydrogen-bond donors (Lipinski definition) is 1. The molecule has 8 heteroatoms. The summed E-state index contributed by atoms with van der Waals surface area (Å²) in [5, 5.41) is 11.5. The molecule has 3 rings (SSSR count). The van der Waals surface area contributed by atoms with E-state index in [1.807, 2.05) is 0 Å². The van der Waals surface area contributed by atoms with Gasteiger partial charge in [-0.1, -0.05) is 5.21 Å². The topological polar surface area (TPSA) is 86.1 Å². The molecule has 1 saturated heterocycles. The average molecular weight is 336 g/mol. The molecule has 1 N–H and O–H groups in total. The van der Waals surface area contributed by atoms with E-state index in [4.69, 9.17) is 4.74 Å². The fraction of sp³-hybridized carbons (Fsp3) is 0.467. The molecule has 7 nitrogen and oxygen atoms in total. The molecule has 1 aromatic carbocycles. The first-order valence-electron chi connectivity index (χ1n) is 7.56. The summed E-state index contributed by atoms with van der Waals surface area (Å²) in [6, 6.07) is 6.56. The van der Waals surface area contributed by atoms with Crippen LogP contribution in [-0.4, -0.2) is 48.9 Å². The Morgan fingerprint density at radius 3 is 2.61 bits per heavy atom. The number of rotatable bonds is 5. The van der Waals surface area contributed by atoms with Crippen molar-refractivity contribution in [2.75, 3.05) is 19.3 Å². The Morgan fingerprint density at radius 1 is 1.26 bits per heavy atom. The van der Waals surface area contributed by atoms with E-state index in [0.29, 0.717) is 6.61 Å². The molecule has 2 aromatic rings. The number of aromatic nitrogens is 3. The molecule has 0 radical (unpaired) electrons. The Hall–Kier alpha value is -1.77. The molecule has 0 bridgehead atoms. The van der Waals surface area contributed by atoms with E-state index in [1.54, 1.807) is 35.1 Å². The van der Waals surface area contributed by atoms with Crippen molar-refractivity contribution in [3.05, 3.63) is 36.2 Å². The van der Waals surface area contributed by atoms with Gasteiger partial charge in [0.25, 0.3) is 0 Å². The monoisotopic (exact) mass is 336 g/mol. The van der Waals surface area contributed by atoms with E-state index >= 15 is 0 Å². The zero-order chi connectivity index (χ0) is 16.3. The van der Waals surface area contributed by atoms with Crippen molar-refractivity contribution in [2.45, 2.75) is 30.4 Å². The maximum absolute atomic E-state index is 11.5. The van der Waals surface area contributed by atoms with Crippen LogP contribution in [0.4, 0.5) is 0 Å². The number of nitrogens with zero attached hydrogens (tertiary/aromatic N) is 3. The Labute approximate surface area is 135 Å². The van der Waals surface area contributed by atoms with Crippen LogP contribution in [0, 0.1) is 0 Å². The molecule has 23 heavy (non-hydrogen) atoms. The quantitative estimate of drug-likeness (QED) is 0.874. The number of piperidine rings is 1. The van der Waals surface area contributed by atoms with Crippen LogP contribution in [-0.2, 0) is 21.2 Å². The van der Waals surface area contributed by atoms with Crippen molar-refractivity contribution in [3.63, 3.8) is 0 Å². The van der Waals surface area contributed by atoms with Gasteiger partial charge in [-0.3, -0.25) is 0 Å². The van der Waals surface area contributed by atoms with Gasteiger partial charge in [0.15, 0.2) is 9.84 Å². The number of nitrogens with one attached hydrogen (secondary N) is 1. The van der Waals surface area contributed by atoms with Crippen molar-refractivity contribution in [1.29, 1.82) is 0 Å². The van der Waals surface area contributed by atoms with Crippen molar-refractivity contribution in [1.82, 2.24) is 20.3 Å². The summed E-state index contributed by atoms with van der Waals surface area (Å²) in [6.07, 6.45) is 5.29. The summed E-state index contributed by atoms with van der Waals surface area (Å²) >= 11 is 0. The number of hydrogen-bond acceptors (Lipinski definition) is 6. The number of ether oxygens (including phenoxy) is 1. The smallest absolute Gasteiger partial charge is 0.175 e. The highest BCUT2D eigenvalue weighted by molar-refractivity contribution is 7.90. The zero-order valence-corrected chi connectivity index (χ0v) is 13.8. The largest absolute Gasteiger partial charge is 0.372 e. The third kappa shape index (κ3) is 4.15. The second kappa shape index (κ2) is 6.77. The summed E-state index contributed by atoms with van der Waals surface area (Å²) in [5.74, 6) is 0. The van der Waals surface area contributed by atoms with Crippen molar-refractivity contribution in [2.24, 2.45) is 0 Å². The molecular formula is C15H20N4O3S. The van der Waals surface area contributed by atoms with Crippen molar-refractivity contribution in [3.8, 4) is 5.69 Å². The lowest BCUT2D eigenvalue weighted by molar-refractivity contribution is 0.0195. The Balaban J connectivity index is 1.64. The molecule has 1 aromatic heterocycles. The fourth-order valence-corrected chi connectivity index (χ4v) is 3.13. The minimum absolute atomic E-state index is 0.274. The normalized spacial score (nSPS) is 16.6. The molecule has 1 fully saturated rings. The highest BCUT2D eigenvalue weighted by atomic mass is 32.2. The van der Waals surface area contributed by atoms with E-state index in [9.17, 15) is 8.42 Å². The van der Waals surface area contributed by atoms with Crippen LogP contribution in [0.5, 0.6) is 0 Å². The Kier molecular flexibility index (Phi) is 4.74. The predicted octanol–water partition coefficient (Wildman–Crippen LogP) is 0.939. The van der Waals surface area contributed by atoms with E-state index < -0.39 is 9.84 Å². The van der Waals surface area contributed by atoms with Gasteiger partial charge >= 0.3 is 0 Å². The van der Waals surface area contributed by atoms with Gasteiger partial charge in [-0.05, 0) is 50.2 Å². The van der Waals surface area contributed by atoms with Crippen LogP contribution in [0.2, 0.25) is 0 Å². The molecule has 0 aliphatic carbocycles. The minimum atomic E-state index is -3.19. The second-order valence-electron chi connectivity index (χ2n) is 5.68. The molecular weight excluding hydrogens is 316 g/mol. The molecule has 1 aliphatic rings. The lowest BCUT2D eigenvalue weighted by Crippen LogP contribution is -2.32. The number of sulfone groups is 1. The summed E-state index contributed by atoms with van der Waals surface area (Å²) in [4.78, 5) is 0.288. The first-order chi connectivity index (χ1) is 11.0. The second-order valence-corrected chi connectivity index (χ2v) is 7.70. The van der Waals surface area contributed by atoms with Crippen LogP contribution in [0.3, 0.4) is 0 Å². The van der Waals surface area contributed by atoms with Gasteiger partial charge in [0, 0.05) is 6.26 Å². The van der Waals surface area contributed by atoms with Crippen LogP contribution >= 0.6 is 0 Å². The van der Waals surface area contributed by atoms with Gasteiger partial charge in [-0.15, -0.1) is 5.10 Å². The maximum Gasteiger partial charge on any atom is 0.175 e. The molecule has 0 amide bonds. The van der Waals surface area contributed by atoms with Gasteiger partial charge in [-0.25, -0.2) is 13.1 Å². The first kappa shape index (κ1) is 16.1. The minimum Gasteiger partial charge on any atom is -0.372 e. The molecule has 0 unspecified atom stereocenters. The summed E-state index contributed by atoms with van der Waals surface area (Å²) in [6.45, 7) is 2.42. The van der Waals surface area contributed by atoms with E-state index in [-0.39, 0.29) is 11.0 Å². The van der Waals surface area contributed by atoms with Crippen molar-refractivity contribution < 1.29 is 13.2 Å². The SMILES string of the molecule is CS(=O)(=O)c1ccc(-n2cc(COC3CCNCC3)nn2)cc1. The molecule has 0 atom stereocenters. The van der Waals surface area contributed by atoms with E-state index in [0.717, 1.165) is 37.3 Å². The van der Waals surface area contributed by atoms with Gasteiger partial charge < -0.3 is 10.1 Å². The van der Waals surface area contributed by atoms with Gasteiger partial charge in [-0.2, -0.15) is 0 Å². The van der Waals surface area contributed by atoms with E-state index in [2.05, 4.69) is 15.6 Å². The van der Waals surface area contributed by atoms with Gasteiger partial charge in [0.2, 0.25) is 0 Å². The fourth-order valence-electron chi connectivity index (χ4n) is 2.50. The third-order valence-electron chi connectivity index (χ3n) is 3.82. The lowest BCUT2D eigenvalue weighted by atomic mass is 10.1. The standard InChI is InChI=1S/C15H20N4O3S/c1-23(20,21)15-4-2-13(3-5-15)19-10-12(17-18-19)11-22-14-6-8-16-9-7-14/h2-5,10,14,16H,6-9,11H2,1H3.